The third-order valence-corrected chi connectivity index (χ3v) is 6.63. The normalized spacial score (nSPS) is 11.1. The second-order valence-electron chi connectivity index (χ2n) is 6.27. The number of esters is 1. The van der Waals surface area contributed by atoms with Gasteiger partial charge in [0, 0.05) is 17.0 Å². The third-order valence-electron chi connectivity index (χ3n) is 4.21. The van der Waals surface area contributed by atoms with Crippen LogP contribution in [-0.2, 0) is 14.8 Å². The van der Waals surface area contributed by atoms with Crippen molar-refractivity contribution >= 4 is 38.0 Å². The predicted molar refractivity (Wildman–Crippen MR) is 114 cm³/mol. The van der Waals surface area contributed by atoms with Gasteiger partial charge in [-0.1, -0.05) is 42.0 Å². The van der Waals surface area contributed by atoms with Crippen molar-refractivity contribution in [1.29, 1.82) is 0 Å². The molecule has 0 saturated carbocycles. The van der Waals surface area contributed by atoms with Crippen LogP contribution in [0.4, 0.5) is 10.7 Å². The fraction of sp³-hybridized carbons (Fsp3) is 0.150. The van der Waals surface area contributed by atoms with E-state index in [-0.39, 0.29) is 17.2 Å². The molecule has 0 radical (unpaired) electrons. The molecular weight excluding hydrogens is 428 g/mol. The van der Waals surface area contributed by atoms with Crippen molar-refractivity contribution in [3.8, 4) is 11.1 Å². The maximum atomic E-state index is 12.9. The molecule has 30 heavy (non-hydrogen) atoms. The molecule has 1 N–H and O–H groups in total. The van der Waals surface area contributed by atoms with Crippen LogP contribution in [0.2, 0.25) is 0 Å². The summed E-state index contributed by atoms with van der Waals surface area (Å²) in [6, 6.07) is 12.4. The summed E-state index contributed by atoms with van der Waals surface area (Å²) in [5, 5.41) is 12.9. The monoisotopic (exact) mass is 446 g/mol. The first kappa shape index (κ1) is 21.5. The number of hydrogen-bond acceptors (Lipinski definition) is 7. The van der Waals surface area contributed by atoms with Crippen molar-refractivity contribution in [2.24, 2.45) is 0 Å². The molecule has 0 fully saturated rings. The Labute approximate surface area is 177 Å². The maximum absolute atomic E-state index is 12.9. The Kier molecular flexibility index (Phi) is 6.18. The number of aryl methyl sites for hydroxylation is 1. The van der Waals surface area contributed by atoms with E-state index in [4.69, 9.17) is 4.74 Å². The van der Waals surface area contributed by atoms with E-state index < -0.39 is 31.5 Å². The van der Waals surface area contributed by atoms with E-state index in [1.165, 1.54) is 12.1 Å². The van der Waals surface area contributed by atoms with Gasteiger partial charge in [-0.2, -0.15) is 0 Å². The molecular formula is C20H18N2O6S2. The lowest BCUT2D eigenvalue weighted by Crippen LogP contribution is -2.16. The van der Waals surface area contributed by atoms with E-state index in [2.05, 4.69) is 4.72 Å². The summed E-state index contributed by atoms with van der Waals surface area (Å²) in [7, 11) is -4.32. The molecule has 0 aliphatic carbocycles. The van der Waals surface area contributed by atoms with Crippen molar-refractivity contribution < 1.29 is 22.9 Å². The number of thiophene rings is 1. The number of nitro benzene ring substituents is 1. The summed E-state index contributed by atoms with van der Waals surface area (Å²) in [5.41, 5.74) is 1.77. The molecule has 0 amide bonds. The number of ether oxygens (including phenoxy) is 1. The van der Waals surface area contributed by atoms with Gasteiger partial charge in [0.25, 0.3) is 15.7 Å². The van der Waals surface area contributed by atoms with E-state index in [0.29, 0.717) is 5.56 Å². The topological polar surface area (TPSA) is 116 Å². The van der Waals surface area contributed by atoms with Crippen molar-refractivity contribution in [1.82, 2.24) is 0 Å². The van der Waals surface area contributed by atoms with Crippen LogP contribution in [0.25, 0.3) is 11.1 Å². The quantitative estimate of drug-likeness (QED) is 0.322. The first-order valence-electron chi connectivity index (χ1n) is 8.86. The van der Waals surface area contributed by atoms with Gasteiger partial charge < -0.3 is 4.74 Å². The minimum atomic E-state index is -4.32. The Morgan fingerprint density at radius 3 is 2.47 bits per heavy atom. The summed E-state index contributed by atoms with van der Waals surface area (Å²) in [4.78, 5) is 22.6. The van der Waals surface area contributed by atoms with Gasteiger partial charge in [0.15, 0.2) is 4.90 Å². The first-order valence-corrected chi connectivity index (χ1v) is 11.2. The lowest BCUT2D eigenvalue weighted by Gasteiger charge is -2.10. The van der Waals surface area contributed by atoms with Gasteiger partial charge in [-0.15, -0.1) is 11.3 Å². The molecule has 0 aliphatic rings. The summed E-state index contributed by atoms with van der Waals surface area (Å²) >= 11 is 1.00. The van der Waals surface area contributed by atoms with Crippen molar-refractivity contribution in [2.45, 2.75) is 18.7 Å². The molecule has 0 spiro atoms. The number of carbonyl (C=O) groups excluding carboxylic acids is 1. The zero-order valence-electron chi connectivity index (χ0n) is 16.1. The summed E-state index contributed by atoms with van der Waals surface area (Å²) in [6.45, 7) is 3.68. The van der Waals surface area contributed by atoms with Crippen LogP contribution in [0.5, 0.6) is 0 Å². The van der Waals surface area contributed by atoms with Gasteiger partial charge in [0.2, 0.25) is 0 Å². The molecule has 0 aliphatic heterocycles. The van der Waals surface area contributed by atoms with Crippen LogP contribution in [0.15, 0.2) is 58.8 Å². The molecule has 0 bridgehead atoms. The average molecular weight is 447 g/mol. The Hall–Kier alpha value is -3.24. The first-order chi connectivity index (χ1) is 14.2. The molecule has 10 heteroatoms. The number of carbonyl (C=O) groups is 1. The minimum Gasteiger partial charge on any atom is -0.462 e. The molecule has 0 saturated heterocycles. The zero-order chi connectivity index (χ0) is 21.9. The van der Waals surface area contributed by atoms with E-state index in [9.17, 15) is 23.3 Å². The predicted octanol–water partition coefficient (Wildman–Crippen LogP) is 4.61. The van der Waals surface area contributed by atoms with Gasteiger partial charge in [0.1, 0.15) is 10.6 Å². The van der Waals surface area contributed by atoms with Gasteiger partial charge in [0.05, 0.1) is 11.5 Å². The molecule has 0 atom stereocenters. The highest BCUT2D eigenvalue weighted by atomic mass is 32.2. The number of para-hydroxylation sites is 1. The summed E-state index contributed by atoms with van der Waals surface area (Å²) in [6.07, 6.45) is 0. The van der Waals surface area contributed by atoms with Gasteiger partial charge >= 0.3 is 5.97 Å². The number of rotatable bonds is 7. The SMILES string of the molecule is CCOC(=O)c1c(-c2ccc(C)cc2)csc1NS(=O)(=O)c1ccccc1[N+](=O)[O-]. The second kappa shape index (κ2) is 8.64. The van der Waals surface area contributed by atoms with E-state index >= 15 is 0 Å². The number of hydrogen-bond donors (Lipinski definition) is 1. The van der Waals surface area contributed by atoms with E-state index in [1.54, 1.807) is 12.3 Å². The van der Waals surface area contributed by atoms with Crippen LogP contribution in [0.1, 0.15) is 22.8 Å². The minimum absolute atomic E-state index is 0.0298. The van der Waals surface area contributed by atoms with E-state index in [0.717, 1.165) is 34.6 Å². The number of benzene rings is 2. The lowest BCUT2D eigenvalue weighted by molar-refractivity contribution is -0.387. The molecule has 1 heterocycles. The van der Waals surface area contributed by atoms with Gasteiger partial charge in [-0.25, -0.2) is 13.2 Å². The van der Waals surface area contributed by atoms with E-state index in [1.807, 2.05) is 31.2 Å². The van der Waals surface area contributed by atoms with Crippen LogP contribution in [-0.4, -0.2) is 25.9 Å². The highest BCUT2D eigenvalue weighted by Crippen LogP contribution is 2.38. The molecule has 0 unspecified atom stereocenters. The van der Waals surface area contributed by atoms with Gasteiger partial charge in [-0.3, -0.25) is 14.8 Å². The molecule has 2 aromatic carbocycles. The van der Waals surface area contributed by atoms with Gasteiger partial charge in [-0.05, 0) is 25.5 Å². The number of nitrogens with one attached hydrogen (secondary N) is 1. The fourth-order valence-corrected chi connectivity index (χ4v) is 5.25. The summed E-state index contributed by atoms with van der Waals surface area (Å²) < 4.78 is 33.2. The molecule has 156 valence electrons. The largest absolute Gasteiger partial charge is 0.462 e. The molecule has 8 nitrogen and oxygen atoms in total. The molecule has 3 rings (SSSR count). The third kappa shape index (κ3) is 4.34. The standard InChI is InChI=1S/C20H18N2O6S2/c1-3-28-20(23)18-15(14-10-8-13(2)9-11-14)12-29-19(18)21-30(26,27)17-7-5-4-6-16(17)22(24)25/h4-12,21H,3H2,1-2H3. The number of sulfonamides is 1. The van der Waals surface area contributed by atoms with Crippen molar-refractivity contribution in [2.75, 3.05) is 11.3 Å². The lowest BCUT2D eigenvalue weighted by atomic mass is 10.0. The second-order valence-corrected chi connectivity index (χ2v) is 8.80. The number of anilines is 1. The molecule has 3 aromatic rings. The Balaban J connectivity index is 2.09. The van der Waals surface area contributed by atoms with Crippen LogP contribution in [0, 0.1) is 17.0 Å². The smallest absolute Gasteiger partial charge is 0.341 e. The molecule has 1 aromatic heterocycles. The average Bonchev–Trinajstić information content (AvgIpc) is 3.11. The van der Waals surface area contributed by atoms with Crippen molar-refractivity contribution in [3.63, 3.8) is 0 Å². The highest BCUT2D eigenvalue weighted by Gasteiger charge is 2.29. The number of nitro groups is 1. The van der Waals surface area contributed by atoms with Crippen LogP contribution < -0.4 is 4.72 Å². The summed E-state index contributed by atoms with van der Waals surface area (Å²) in [5.74, 6) is -0.686. The highest BCUT2D eigenvalue weighted by molar-refractivity contribution is 7.93. The zero-order valence-corrected chi connectivity index (χ0v) is 17.7. The number of nitrogens with zero attached hydrogens (tertiary/aromatic N) is 1. The van der Waals surface area contributed by atoms with Crippen LogP contribution in [0.3, 0.4) is 0 Å². The fourth-order valence-electron chi connectivity index (χ4n) is 2.80. The maximum Gasteiger partial charge on any atom is 0.341 e. The Morgan fingerprint density at radius 1 is 1.17 bits per heavy atom. The Morgan fingerprint density at radius 2 is 1.83 bits per heavy atom. The van der Waals surface area contributed by atoms with Crippen molar-refractivity contribution in [3.05, 3.63) is 75.2 Å². The Bertz CT molecular complexity index is 1200. The van der Waals surface area contributed by atoms with Crippen LogP contribution >= 0.6 is 11.3 Å².